The van der Waals surface area contributed by atoms with Gasteiger partial charge in [-0.15, -0.1) is 0 Å². The van der Waals surface area contributed by atoms with E-state index < -0.39 is 0 Å². The second-order valence-electron chi connectivity index (χ2n) is 8.64. The molecule has 0 amide bonds. The summed E-state index contributed by atoms with van der Waals surface area (Å²) in [6, 6.07) is 19.8. The first-order valence-electron chi connectivity index (χ1n) is 10.7. The second-order valence-corrected chi connectivity index (χ2v) is 8.64. The third-order valence-corrected chi connectivity index (χ3v) is 7.18. The molecule has 2 aliphatic rings. The molecular formula is C25H33NO2. The lowest BCUT2D eigenvalue weighted by Gasteiger charge is -2.57. The van der Waals surface area contributed by atoms with Gasteiger partial charge in [0, 0.05) is 23.9 Å². The van der Waals surface area contributed by atoms with Gasteiger partial charge in [0.05, 0.1) is 13.2 Å². The van der Waals surface area contributed by atoms with E-state index >= 15 is 0 Å². The quantitative estimate of drug-likeness (QED) is 0.806. The molecule has 1 saturated heterocycles. The van der Waals surface area contributed by atoms with E-state index in [1.54, 1.807) is 7.11 Å². The van der Waals surface area contributed by atoms with Crippen LogP contribution in [0.1, 0.15) is 43.7 Å². The minimum absolute atomic E-state index is 0.0644. The standard InChI is InChI=1S/C25H33NO2/c1-19(27)24-23-12-7-14-25(24,21-10-6-11-22(18-21)28-2)15-17-26(23)16-13-20-8-4-3-5-9-20/h3-6,8-11,18-19,23-24,27H,7,12-17H2,1-2H3/t19-,23+,24+,25+/m1/s1. The largest absolute Gasteiger partial charge is 0.497 e. The SMILES string of the molecule is COc1cccc([C@@]23CCC[C@@H]([C@@H]2[C@@H](C)O)N(CCc2ccccc2)CC3)c1. The summed E-state index contributed by atoms with van der Waals surface area (Å²) in [6.07, 6.45) is 5.47. The van der Waals surface area contributed by atoms with Crippen LogP contribution in [0.2, 0.25) is 0 Å². The van der Waals surface area contributed by atoms with Crippen LogP contribution in [0.5, 0.6) is 5.75 Å². The molecule has 1 saturated carbocycles. The van der Waals surface area contributed by atoms with E-state index in [2.05, 4.69) is 53.4 Å². The predicted octanol–water partition coefficient (Wildman–Crippen LogP) is 4.43. The van der Waals surface area contributed by atoms with E-state index in [0.29, 0.717) is 6.04 Å². The lowest BCUT2D eigenvalue weighted by Crippen LogP contribution is -2.61. The van der Waals surface area contributed by atoms with Crippen molar-refractivity contribution in [3.8, 4) is 5.75 Å². The summed E-state index contributed by atoms with van der Waals surface area (Å²) in [7, 11) is 1.73. The molecule has 2 bridgehead atoms. The monoisotopic (exact) mass is 379 g/mol. The molecule has 2 aromatic rings. The van der Waals surface area contributed by atoms with Gasteiger partial charge in [0.1, 0.15) is 5.75 Å². The van der Waals surface area contributed by atoms with Gasteiger partial charge in [-0.1, -0.05) is 48.9 Å². The van der Waals surface area contributed by atoms with Gasteiger partial charge in [-0.3, -0.25) is 4.90 Å². The fourth-order valence-corrected chi connectivity index (χ4v) is 5.94. The van der Waals surface area contributed by atoms with E-state index in [1.165, 1.54) is 30.4 Å². The van der Waals surface area contributed by atoms with Crippen LogP contribution in [0, 0.1) is 5.92 Å². The molecule has 28 heavy (non-hydrogen) atoms. The van der Waals surface area contributed by atoms with Crippen LogP contribution in [0.25, 0.3) is 0 Å². The summed E-state index contributed by atoms with van der Waals surface area (Å²) in [6.45, 7) is 4.18. The molecule has 1 aliphatic carbocycles. The molecule has 4 rings (SSSR count). The molecule has 1 N–H and O–H groups in total. The fraction of sp³-hybridized carbons (Fsp3) is 0.520. The van der Waals surface area contributed by atoms with Crippen molar-refractivity contribution in [1.29, 1.82) is 0 Å². The molecule has 2 fully saturated rings. The van der Waals surface area contributed by atoms with Crippen molar-refractivity contribution in [3.63, 3.8) is 0 Å². The van der Waals surface area contributed by atoms with Crippen LogP contribution < -0.4 is 4.74 Å². The van der Waals surface area contributed by atoms with Crippen molar-refractivity contribution in [2.75, 3.05) is 20.2 Å². The minimum Gasteiger partial charge on any atom is -0.497 e. The summed E-state index contributed by atoms with van der Waals surface area (Å²) in [5, 5.41) is 10.9. The molecule has 0 spiro atoms. The summed E-state index contributed by atoms with van der Waals surface area (Å²) in [5.41, 5.74) is 2.82. The molecule has 2 aromatic carbocycles. The van der Waals surface area contributed by atoms with Crippen LogP contribution in [-0.2, 0) is 11.8 Å². The minimum atomic E-state index is -0.309. The highest BCUT2D eigenvalue weighted by atomic mass is 16.5. The van der Waals surface area contributed by atoms with E-state index in [4.69, 9.17) is 4.74 Å². The number of rotatable bonds is 6. The number of benzene rings is 2. The number of ether oxygens (including phenoxy) is 1. The topological polar surface area (TPSA) is 32.7 Å². The zero-order valence-electron chi connectivity index (χ0n) is 17.2. The first-order valence-corrected chi connectivity index (χ1v) is 10.7. The summed E-state index contributed by atoms with van der Waals surface area (Å²) < 4.78 is 5.51. The maximum atomic E-state index is 10.9. The van der Waals surface area contributed by atoms with Crippen molar-refractivity contribution in [2.24, 2.45) is 5.92 Å². The number of piperidine rings is 1. The van der Waals surface area contributed by atoms with Crippen molar-refractivity contribution >= 4 is 0 Å². The number of likely N-dealkylation sites (tertiary alicyclic amines) is 1. The number of aliphatic hydroxyl groups excluding tert-OH is 1. The highest BCUT2D eigenvalue weighted by Crippen LogP contribution is 2.52. The number of methoxy groups -OCH3 is 1. The number of aliphatic hydroxyl groups is 1. The van der Waals surface area contributed by atoms with Crippen LogP contribution in [-0.4, -0.2) is 42.4 Å². The lowest BCUT2D eigenvalue weighted by atomic mass is 9.55. The van der Waals surface area contributed by atoms with Gasteiger partial charge >= 0.3 is 0 Å². The predicted molar refractivity (Wildman–Crippen MR) is 114 cm³/mol. The Morgan fingerprint density at radius 1 is 1.14 bits per heavy atom. The third kappa shape index (κ3) is 3.58. The number of hydrogen-bond acceptors (Lipinski definition) is 3. The van der Waals surface area contributed by atoms with Gasteiger partial charge < -0.3 is 9.84 Å². The average Bonchev–Trinajstić information content (AvgIpc) is 2.73. The molecule has 3 heteroatoms. The van der Waals surface area contributed by atoms with Gasteiger partial charge in [0.15, 0.2) is 0 Å². The first kappa shape index (κ1) is 19.5. The van der Waals surface area contributed by atoms with E-state index in [-0.39, 0.29) is 17.4 Å². The highest BCUT2D eigenvalue weighted by Gasteiger charge is 2.53. The van der Waals surface area contributed by atoms with Crippen LogP contribution >= 0.6 is 0 Å². The lowest BCUT2D eigenvalue weighted by molar-refractivity contribution is -0.0678. The second kappa shape index (κ2) is 8.26. The Kier molecular flexibility index (Phi) is 5.75. The third-order valence-electron chi connectivity index (χ3n) is 7.18. The van der Waals surface area contributed by atoms with Gasteiger partial charge in [-0.05, 0) is 62.4 Å². The Hall–Kier alpha value is -1.84. The molecule has 0 unspecified atom stereocenters. The molecule has 1 aliphatic heterocycles. The highest BCUT2D eigenvalue weighted by molar-refractivity contribution is 5.36. The molecule has 3 nitrogen and oxygen atoms in total. The average molecular weight is 380 g/mol. The fourth-order valence-electron chi connectivity index (χ4n) is 5.94. The Bertz CT molecular complexity index is 775. The van der Waals surface area contributed by atoms with E-state index in [1.807, 2.05) is 13.0 Å². The normalized spacial score (nSPS) is 28.7. The maximum absolute atomic E-state index is 10.9. The van der Waals surface area contributed by atoms with Crippen molar-refractivity contribution in [1.82, 2.24) is 4.90 Å². The molecule has 0 radical (unpaired) electrons. The van der Waals surface area contributed by atoms with Crippen LogP contribution in [0.15, 0.2) is 54.6 Å². The summed E-state index contributed by atoms with van der Waals surface area (Å²) in [4.78, 5) is 2.65. The number of fused-ring (bicyclic) bond motifs is 2. The van der Waals surface area contributed by atoms with Gasteiger partial charge in [0.25, 0.3) is 0 Å². The van der Waals surface area contributed by atoms with Gasteiger partial charge in [-0.2, -0.15) is 0 Å². The smallest absolute Gasteiger partial charge is 0.119 e. The summed E-state index contributed by atoms with van der Waals surface area (Å²) in [5.74, 6) is 1.20. The zero-order chi connectivity index (χ0) is 19.6. The molecule has 0 aromatic heterocycles. The van der Waals surface area contributed by atoms with Gasteiger partial charge in [-0.25, -0.2) is 0 Å². The van der Waals surface area contributed by atoms with Crippen molar-refractivity contribution < 1.29 is 9.84 Å². The Morgan fingerprint density at radius 3 is 2.71 bits per heavy atom. The zero-order valence-corrected chi connectivity index (χ0v) is 17.2. The Labute approximate surface area is 169 Å². The maximum Gasteiger partial charge on any atom is 0.119 e. The van der Waals surface area contributed by atoms with E-state index in [9.17, 15) is 5.11 Å². The van der Waals surface area contributed by atoms with Crippen molar-refractivity contribution in [3.05, 3.63) is 65.7 Å². The van der Waals surface area contributed by atoms with Crippen LogP contribution in [0.3, 0.4) is 0 Å². The molecule has 4 atom stereocenters. The van der Waals surface area contributed by atoms with Crippen molar-refractivity contribution in [2.45, 2.75) is 56.6 Å². The number of hydrogen-bond donors (Lipinski definition) is 1. The number of nitrogens with zero attached hydrogens (tertiary/aromatic N) is 1. The molecule has 1 heterocycles. The van der Waals surface area contributed by atoms with Gasteiger partial charge in [0.2, 0.25) is 0 Å². The Balaban J connectivity index is 1.60. The van der Waals surface area contributed by atoms with Crippen LogP contribution in [0.4, 0.5) is 0 Å². The first-order chi connectivity index (χ1) is 13.6. The molecular weight excluding hydrogens is 346 g/mol. The Morgan fingerprint density at radius 2 is 1.96 bits per heavy atom. The molecule has 150 valence electrons. The summed E-state index contributed by atoms with van der Waals surface area (Å²) >= 11 is 0. The van der Waals surface area contributed by atoms with E-state index in [0.717, 1.165) is 31.7 Å².